The monoisotopic (exact) mass is 457 g/mol. The van der Waals surface area contributed by atoms with E-state index >= 15 is 0 Å². The Morgan fingerprint density at radius 3 is 2.71 bits per heavy atom. The Hall–Kier alpha value is -3.08. The lowest BCUT2D eigenvalue weighted by molar-refractivity contribution is -0.149. The number of hydrogen-bond donors (Lipinski definition) is 2. The molecule has 3 heterocycles. The van der Waals surface area contributed by atoms with Crippen LogP contribution in [0.3, 0.4) is 0 Å². The molecule has 1 aliphatic rings. The first-order valence-corrected chi connectivity index (χ1v) is 9.61. The summed E-state index contributed by atoms with van der Waals surface area (Å²) in [5, 5.41) is 6.42. The molecule has 3 aromatic rings. The number of nitrogens with zero attached hydrogens (tertiary/aromatic N) is 3. The average Bonchev–Trinajstić information content (AvgIpc) is 3.30. The van der Waals surface area contributed by atoms with Gasteiger partial charge in [-0.3, -0.25) is 14.3 Å². The van der Waals surface area contributed by atoms with E-state index in [4.69, 9.17) is 11.6 Å². The second-order valence-electron chi connectivity index (χ2n) is 7.23. The van der Waals surface area contributed by atoms with Crippen molar-refractivity contribution < 1.29 is 27.2 Å². The number of rotatable bonds is 3. The Kier molecular flexibility index (Phi) is 5.16. The Balaban J connectivity index is 1.55. The number of alkyl halides is 3. The van der Waals surface area contributed by atoms with Crippen LogP contribution in [0, 0.1) is 5.82 Å². The largest absolute Gasteiger partial charge is 0.408 e. The SMILES string of the molecule is CC(NC(=O)c1cnn2c1CN(C(=O)c1cc3cc(Cl)c(F)cc3[nH]1)CC2)C(F)(F)F. The van der Waals surface area contributed by atoms with E-state index in [-0.39, 0.29) is 35.9 Å². The first-order valence-electron chi connectivity index (χ1n) is 9.24. The predicted octanol–water partition coefficient (Wildman–Crippen LogP) is 3.49. The maximum Gasteiger partial charge on any atom is 0.408 e. The van der Waals surface area contributed by atoms with E-state index in [9.17, 15) is 27.2 Å². The van der Waals surface area contributed by atoms with Crippen LogP contribution >= 0.6 is 11.6 Å². The third kappa shape index (κ3) is 3.97. The van der Waals surface area contributed by atoms with Crippen LogP contribution in [-0.2, 0) is 13.1 Å². The first-order chi connectivity index (χ1) is 14.5. The summed E-state index contributed by atoms with van der Waals surface area (Å²) < 4.78 is 53.4. The summed E-state index contributed by atoms with van der Waals surface area (Å²) in [6, 6.07) is 2.09. The van der Waals surface area contributed by atoms with Gasteiger partial charge in [0.2, 0.25) is 0 Å². The summed E-state index contributed by atoms with van der Waals surface area (Å²) in [5.74, 6) is -1.95. The van der Waals surface area contributed by atoms with Crippen LogP contribution in [0.5, 0.6) is 0 Å². The summed E-state index contributed by atoms with van der Waals surface area (Å²) in [5.41, 5.74) is 0.894. The third-order valence-corrected chi connectivity index (χ3v) is 5.42. The van der Waals surface area contributed by atoms with E-state index < -0.39 is 29.8 Å². The predicted molar refractivity (Wildman–Crippen MR) is 103 cm³/mol. The molecule has 0 spiro atoms. The molecule has 2 N–H and O–H groups in total. The van der Waals surface area contributed by atoms with E-state index in [0.717, 1.165) is 6.92 Å². The van der Waals surface area contributed by atoms with Crippen molar-refractivity contribution in [3.8, 4) is 0 Å². The average molecular weight is 458 g/mol. The summed E-state index contributed by atoms with van der Waals surface area (Å²) in [6.45, 7) is 1.36. The van der Waals surface area contributed by atoms with Crippen LogP contribution in [0.25, 0.3) is 10.9 Å². The fourth-order valence-electron chi connectivity index (χ4n) is 3.38. The Morgan fingerprint density at radius 1 is 1.26 bits per heavy atom. The molecule has 164 valence electrons. The number of nitrogens with one attached hydrogen (secondary N) is 2. The minimum atomic E-state index is -4.58. The lowest BCUT2D eigenvalue weighted by Crippen LogP contribution is -2.44. The van der Waals surface area contributed by atoms with Gasteiger partial charge in [-0.05, 0) is 25.1 Å². The number of aromatic amines is 1. The van der Waals surface area contributed by atoms with E-state index in [0.29, 0.717) is 16.6 Å². The molecule has 1 aliphatic heterocycles. The molecular weight excluding hydrogens is 442 g/mol. The molecule has 0 radical (unpaired) electrons. The number of fused-ring (bicyclic) bond motifs is 2. The number of carbonyl (C=O) groups is 2. The fraction of sp³-hybridized carbons (Fsp3) is 0.316. The number of benzene rings is 1. The summed E-state index contributed by atoms with van der Waals surface area (Å²) in [6.07, 6.45) is -3.39. The Morgan fingerprint density at radius 2 is 2.00 bits per heavy atom. The standard InChI is InChI=1S/C19H16ClF4N5O2/c1-9(19(22,23)24)26-17(30)11-7-25-29-3-2-28(8-16(11)29)18(31)15-5-10-4-12(20)13(21)6-14(10)27-15/h4-7,9,27H,2-3,8H2,1H3,(H,26,30). The zero-order valence-corrected chi connectivity index (χ0v) is 16.8. The molecule has 0 fully saturated rings. The van der Waals surface area contributed by atoms with Crippen molar-refractivity contribution in [2.24, 2.45) is 0 Å². The van der Waals surface area contributed by atoms with Gasteiger partial charge in [0.25, 0.3) is 11.8 Å². The molecular formula is C19H16ClF4N5O2. The highest BCUT2D eigenvalue weighted by molar-refractivity contribution is 6.31. The number of halogens is 5. The van der Waals surface area contributed by atoms with Crippen LogP contribution in [0.2, 0.25) is 5.02 Å². The van der Waals surface area contributed by atoms with Gasteiger partial charge in [-0.15, -0.1) is 0 Å². The van der Waals surface area contributed by atoms with Crippen molar-refractivity contribution in [1.82, 2.24) is 25.0 Å². The van der Waals surface area contributed by atoms with Gasteiger partial charge in [-0.1, -0.05) is 11.6 Å². The van der Waals surface area contributed by atoms with Crippen molar-refractivity contribution in [3.63, 3.8) is 0 Å². The van der Waals surface area contributed by atoms with Gasteiger partial charge in [0, 0.05) is 17.4 Å². The molecule has 1 atom stereocenters. The second-order valence-corrected chi connectivity index (χ2v) is 7.64. The summed E-state index contributed by atoms with van der Waals surface area (Å²) in [7, 11) is 0. The highest BCUT2D eigenvalue weighted by Crippen LogP contribution is 2.26. The molecule has 7 nitrogen and oxygen atoms in total. The number of H-pyrrole nitrogens is 1. The van der Waals surface area contributed by atoms with Crippen LogP contribution in [0.15, 0.2) is 24.4 Å². The molecule has 12 heteroatoms. The van der Waals surface area contributed by atoms with E-state index in [1.165, 1.54) is 34.0 Å². The summed E-state index contributed by atoms with van der Waals surface area (Å²) in [4.78, 5) is 29.6. The smallest absolute Gasteiger partial charge is 0.350 e. The Bertz CT molecular complexity index is 1150. The number of carbonyl (C=O) groups excluding carboxylic acids is 2. The molecule has 0 bridgehead atoms. The topological polar surface area (TPSA) is 83.0 Å². The maximum absolute atomic E-state index is 13.7. The van der Waals surface area contributed by atoms with Gasteiger partial charge in [-0.2, -0.15) is 18.3 Å². The minimum Gasteiger partial charge on any atom is -0.350 e. The van der Waals surface area contributed by atoms with Gasteiger partial charge in [0.15, 0.2) is 0 Å². The van der Waals surface area contributed by atoms with E-state index in [1.807, 2.05) is 5.32 Å². The van der Waals surface area contributed by atoms with Gasteiger partial charge in [-0.25, -0.2) is 4.39 Å². The number of amides is 2. The van der Waals surface area contributed by atoms with Crippen molar-refractivity contribution in [2.75, 3.05) is 6.54 Å². The van der Waals surface area contributed by atoms with E-state index in [1.54, 1.807) is 0 Å². The molecule has 0 saturated carbocycles. The molecule has 4 rings (SSSR count). The van der Waals surface area contributed by atoms with Crippen molar-refractivity contribution in [3.05, 3.63) is 52.2 Å². The highest BCUT2D eigenvalue weighted by atomic mass is 35.5. The van der Waals surface area contributed by atoms with Crippen molar-refractivity contribution >= 4 is 34.3 Å². The number of aromatic nitrogens is 3. The van der Waals surface area contributed by atoms with Gasteiger partial charge in [0.1, 0.15) is 17.6 Å². The fourth-order valence-corrected chi connectivity index (χ4v) is 3.55. The highest BCUT2D eigenvalue weighted by Gasteiger charge is 2.38. The molecule has 2 amide bonds. The van der Waals surface area contributed by atoms with Gasteiger partial charge in [0.05, 0.1) is 35.6 Å². The van der Waals surface area contributed by atoms with Crippen molar-refractivity contribution in [2.45, 2.75) is 32.2 Å². The minimum absolute atomic E-state index is 0.0214. The third-order valence-electron chi connectivity index (χ3n) is 5.13. The molecule has 1 aromatic carbocycles. The first kappa shape index (κ1) is 21.2. The second kappa shape index (κ2) is 7.56. The van der Waals surface area contributed by atoms with Gasteiger partial charge >= 0.3 is 6.18 Å². The Labute approximate surface area is 177 Å². The summed E-state index contributed by atoms with van der Waals surface area (Å²) >= 11 is 5.78. The zero-order chi connectivity index (χ0) is 22.5. The quantitative estimate of drug-likeness (QED) is 0.591. The van der Waals surface area contributed by atoms with Crippen molar-refractivity contribution in [1.29, 1.82) is 0 Å². The van der Waals surface area contributed by atoms with Crippen LogP contribution in [0.1, 0.15) is 33.5 Å². The molecule has 1 unspecified atom stereocenters. The molecule has 31 heavy (non-hydrogen) atoms. The van der Waals surface area contributed by atoms with Crippen LogP contribution < -0.4 is 5.32 Å². The van der Waals surface area contributed by atoms with Crippen LogP contribution in [-0.4, -0.2) is 50.2 Å². The maximum atomic E-state index is 13.7. The van der Waals surface area contributed by atoms with Crippen LogP contribution in [0.4, 0.5) is 17.6 Å². The normalized spacial score (nSPS) is 15.1. The molecule has 0 saturated heterocycles. The zero-order valence-electron chi connectivity index (χ0n) is 16.1. The lowest BCUT2D eigenvalue weighted by atomic mass is 10.1. The molecule has 0 aliphatic carbocycles. The van der Waals surface area contributed by atoms with Gasteiger partial charge < -0.3 is 15.2 Å². The molecule has 2 aromatic heterocycles. The number of hydrogen-bond acceptors (Lipinski definition) is 3. The lowest BCUT2D eigenvalue weighted by Gasteiger charge is -2.28. The van der Waals surface area contributed by atoms with E-state index in [2.05, 4.69) is 10.1 Å².